The Kier molecular flexibility index (Phi) is 3.97. The Morgan fingerprint density at radius 3 is 2.95 bits per heavy atom. The number of halogens is 2. The van der Waals surface area contributed by atoms with E-state index in [4.69, 9.17) is 4.74 Å². The minimum atomic E-state index is -0.503. The van der Waals surface area contributed by atoms with Gasteiger partial charge in [0.2, 0.25) is 0 Å². The van der Waals surface area contributed by atoms with Gasteiger partial charge in [0.15, 0.2) is 0 Å². The van der Waals surface area contributed by atoms with E-state index in [0.29, 0.717) is 16.8 Å². The van der Waals surface area contributed by atoms with Crippen LogP contribution in [0.15, 0.2) is 43.0 Å². The van der Waals surface area contributed by atoms with Crippen LogP contribution in [0.3, 0.4) is 0 Å². The summed E-state index contributed by atoms with van der Waals surface area (Å²) in [5.74, 6) is -0.902. The Hall–Kier alpha value is -2.16. The predicted molar refractivity (Wildman–Crippen MR) is 88.9 cm³/mol. The summed E-state index contributed by atoms with van der Waals surface area (Å²) in [5, 5.41) is 2.97. The number of methoxy groups -OCH3 is 1. The standard InChI is InChI=1S/C15H11FIN3O2/c1-22-15(21)10-4-5-20-8-18-7-13(20)14(10)19-12-3-2-9(17)6-11(12)16/h2-8,19H,1H3. The maximum atomic E-state index is 14.1. The molecule has 0 aliphatic heterocycles. The van der Waals surface area contributed by atoms with Gasteiger partial charge in [-0.3, -0.25) is 0 Å². The van der Waals surface area contributed by atoms with Crippen molar-refractivity contribution < 1.29 is 13.9 Å². The number of esters is 1. The van der Waals surface area contributed by atoms with Gasteiger partial charge in [0, 0.05) is 9.77 Å². The second-order valence-corrected chi connectivity index (χ2v) is 5.78. The van der Waals surface area contributed by atoms with E-state index < -0.39 is 11.8 Å². The number of carbonyl (C=O) groups excluding carboxylic acids is 1. The smallest absolute Gasteiger partial charge is 0.340 e. The second kappa shape index (κ2) is 5.91. The Labute approximate surface area is 139 Å². The van der Waals surface area contributed by atoms with Gasteiger partial charge in [-0.15, -0.1) is 0 Å². The van der Waals surface area contributed by atoms with Crippen LogP contribution >= 0.6 is 22.6 Å². The third-order valence-electron chi connectivity index (χ3n) is 3.19. The highest BCUT2D eigenvalue weighted by Crippen LogP contribution is 2.28. The van der Waals surface area contributed by atoms with E-state index in [0.717, 1.165) is 3.57 Å². The maximum absolute atomic E-state index is 14.1. The molecule has 0 aliphatic carbocycles. The fourth-order valence-electron chi connectivity index (χ4n) is 2.13. The quantitative estimate of drug-likeness (QED) is 0.529. The van der Waals surface area contributed by atoms with Crippen molar-refractivity contribution in [3.63, 3.8) is 0 Å². The Balaban J connectivity index is 2.15. The van der Waals surface area contributed by atoms with Crippen LogP contribution in [0.4, 0.5) is 15.8 Å². The number of benzene rings is 1. The second-order valence-electron chi connectivity index (χ2n) is 4.53. The zero-order chi connectivity index (χ0) is 15.7. The number of rotatable bonds is 3. The van der Waals surface area contributed by atoms with E-state index >= 15 is 0 Å². The SMILES string of the molecule is COC(=O)c1ccn2cncc2c1Nc1ccc(I)cc1F. The average Bonchev–Trinajstić information content (AvgIpc) is 2.98. The molecule has 5 nitrogen and oxygen atoms in total. The lowest BCUT2D eigenvalue weighted by molar-refractivity contribution is 0.0602. The van der Waals surface area contributed by atoms with Crippen molar-refractivity contribution in [2.45, 2.75) is 0 Å². The topological polar surface area (TPSA) is 55.6 Å². The van der Waals surface area contributed by atoms with Gasteiger partial charge in [-0.25, -0.2) is 14.2 Å². The van der Waals surface area contributed by atoms with Crippen LogP contribution < -0.4 is 5.32 Å². The summed E-state index contributed by atoms with van der Waals surface area (Å²) in [5.41, 5.74) is 1.70. The summed E-state index contributed by atoms with van der Waals surface area (Å²) in [7, 11) is 1.30. The van der Waals surface area contributed by atoms with Gasteiger partial charge in [-0.1, -0.05) is 0 Å². The number of nitrogens with one attached hydrogen (secondary N) is 1. The lowest BCUT2D eigenvalue weighted by atomic mass is 10.2. The normalized spacial score (nSPS) is 10.7. The van der Waals surface area contributed by atoms with E-state index in [9.17, 15) is 9.18 Å². The monoisotopic (exact) mass is 411 g/mol. The van der Waals surface area contributed by atoms with E-state index in [1.165, 1.54) is 13.2 Å². The molecule has 7 heteroatoms. The largest absolute Gasteiger partial charge is 0.465 e. The third-order valence-corrected chi connectivity index (χ3v) is 3.86. The van der Waals surface area contributed by atoms with Crippen LogP contribution in [0.25, 0.3) is 5.52 Å². The van der Waals surface area contributed by atoms with E-state index in [-0.39, 0.29) is 5.69 Å². The number of ether oxygens (including phenoxy) is 1. The van der Waals surface area contributed by atoms with Gasteiger partial charge in [0.05, 0.1) is 42.1 Å². The molecule has 0 unspecified atom stereocenters. The van der Waals surface area contributed by atoms with Gasteiger partial charge in [0.25, 0.3) is 0 Å². The summed E-state index contributed by atoms with van der Waals surface area (Å²) < 4.78 is 21.4. The van der Waals surface area contributed by atoms with Crippen LogP contribution in [0, 0.1) is 9.39 Å². The molecular formula is C15H11FIN3O2. The number of aromatic nitrogens is 2. The summed E-state index contributed by atoms with van der Waals surface area (Å²) in [6.07, 6.45) is 4.90. The van der Waals surface area contributed by atoms with Crippen LogP contribution in [-0.2, 0) is 4.74 Å². The van der Waals surface area contributed by atoms with Gasteiger partial charge < -0.3 is 14.5 Å². The first-order valence-electron chi connectivity index (χ1n) is 6.35. The zero-order valence-corrected chi connectivity index (χ0v) is 13.7. The average molecular weight is 411 g/mol. The first-order valence-corrected chi connectivity index (χ1v) is 7.43. The number of hydrogen-bond acceptors (Lipinski definition) is 4. The summed E-state index contributed by atoms with van der Waals surface area (Å²) in [4.78, 5) is 16.0. The summed E-state index contributed by atoms with van der Waals surface area (Å²) in [6.45, 7) is 0. The Morgan fingerprint density at radius 2 is 2.23 bits per heavy atom. The fraction of sp³-hybridized carbons (Fsp3) is 0.0667. The first kappa shape index (κ1) is 14.8. The number of nitrogens with zero attached hydrogens (tertiary/aromatic N) is 2. The van der Waals surface area contributed by atoms with Gasteiger partial charge in [0.1, 0.15) is 5.82 Å². The molecule has 0 aliphatic rings. The maximum Gasteiger partial charge on any atom is 0.340 e. The minimum Gasteiger partial charge on any atom is -0.465 e. The van der Waals surface area contributed by atoms with Crippen LogP contribution in [-0.4, -0.2) is 22.5 Å². The van der Waals surface area contributed by atoms with Crippen molar-refractivity contribution in [2.75, 3.05) is 12.4 Å². The number of hydrogen-bond donors (Lipinski definition) is 1. The number of fused-ring (bicyclic) bond motifs is 1. The van der Waals surface area contributed by atoms with Crippen molar-refractivity contribution >= 4 is 45.5 Å². The highest BCUT2D eigenvalue weighted by Gasteiger charge is 2.17. The molecule has 22 heavy (non-hydrogen) atoms. The number of anilines is 2. The molecule has 0 saturated heterocycles. The Morgan fingerprint density at radius 1 is 1.41 bits per heavy atom. The van der Waals surface area contributed by atoms with Gasteiger partial charge in [-0.05, 0) is 46.9 Å². The zero-order valence-electron chi connectivity index (χ0n) is 11.5. The lowest BCUT2D eigenvalue weighted by Crippen LogP contribution is -2.08. The van der Waals surface area contributed by atoms with Crippen molar-refractivity contribution in [1.82, 2.24) is 9.38 Å². The molecule has 0 saturated carbocycles. The highest BCUT2D eigenvalue weighted by molar-refractivity contribution is 14.1. The molecule has 112 valence electrons. The number of pyridine rings is 1. The molecular weight excluding hydrogens is 400 g/mol. The molecule has 0 amide bonds. The van der Waals surface area contributed by atoms with E-state index in [2.05, 4.69) is 10.3 Å². The molecule has 0 spiro atoms. The van der Waals surface area contributed by atoms with Gasteiger partial charge >= 0.3 is 5.97 Å². The molecule has 0 atom stereocenters. The van der Waals surface area contributed by atoms with Gasteiger partial charge in [-0.2, -0.15) is 0 Å². The molecule has 3 rings (SSSR count). The minimum absolute atomic E-state index is 0.278. The van der Waals surface area contributed by atoms with Crippen molar-refractivity contribution in [2.24, 2.45) is 0 Å². The summed E-state index contributed by atoms with van der Waals surface area (Å²) >= 11 is 2.03. The van der Waals surface area contributed by atoms with Crippen molar-refractivity contribution in [3.05, 3.63) is 57.9 Å². The first-order chi connectivity index (χ1) is 10.6. The molecule has 3 aromatic rings. The number of imidazole rings is 1. The lowest BCUT2D eigenvalue weighted by Gasteiger charge is -2.13. The predicted octanol–water partition coefficient (Wildman–Crippen LogP) is 3.61. The molecule has 1 aromatic carbocycles. The fourth-order valence-corrected chi connectivity index (χ4v) is 2.58. The van der Waals surface area contributed by atoms with Crippen LogP contribution in [0.2, 0.25) is 0 Å². The van der Waals surface area contributed by atoms with E-state index in [1.54, 1.807) is 41.3 Å². The van der Waals surface area contributed by atoms with Crippen molar-refractivity contribution in [3.8, 4) is 0 Å². The molecule has 2 aromatic heterocycles. The highest BCUT2D eigenvalue weighted by atomic mass is 127. The third kappa shape index (κ3) is 2.63. The number of carbonyl (C=O) groups is 1. The van der Waals surface area contributed by atoms with Crippen LogP contribution in [0.1, 0.15) is 10.4 Å². The molecule has 0 fully saturated rings. The molecule has 0 radical (unpaired) electrons. The Bertz CT molecular complexity index is 863. The molecule has 0 bridgehead atoms. The van der Waals surface area contributed by atoms with Crippen LogP contribution in [0.5, 0.6) is 0 Å². The van der Waals surface area contributed by atoms with E-state index in [1.807, 2.05) is 22.6 Å². The van der Waals surface area contributed by atoms with Crippen molar-refractivity contribution in [1.29, 1.82) is 0 Å². The molecule has 2 heterocycles. The molecule has 1 N–H and O–H groups in total. The summed E-state index contributed by atoms with van der Waals surface area (Å²) in [6, 6.07) is 6.42.